The SMILES string of the molecule is NC(=O)c1nnc(N2CCCC(NC3CCCC3)C2)nc1Nc1ccc(C(=O)N2CCOCC2)cc1. The molecular weight excluding hydrogens is 460 g/mol. The van der Waals surface area contributed by atoms with Crippen molar-refractivity contribution in [3.8, 4) is 0 Å². The average Bonchev–Trinajstić information content (AvgIpc) is 3.42. The van der Waals surface area contributed by atoms with Crippen molar-refractivity contribution in [1.82, 2.24) is 25.4 Å². The van der Waals surface area contributed by atoms with Gasteiger partial charge in [-0.1, -0.05) is 12.8 Å². The Morgan fingerprint density at radius 2 is 1.67 bits per heavy atom. The summed E-state index contributed by atoms with van der Waals surface area (Å²) in [6, 6.07) is 8.05. The number of carbonyl (C=O) groups excluding carboxylic acids is 2. The van der Waals surface area contributed by atoms with Crippen molar-refractivity contribution >= 4 is 29.3 Å². The van der Waals surface area contributed by atoms with Gasteiger partial charge in [-0.15, -0.1) is 10.2 Å². The molecule has 0 radical (unpaired) electrons. The van der Waals surface area contributed by atoms with E-state index in [9.17, 15) is 9.59 Å². The summed E-state index contributed by atoms with van der Waals surface area (Å²) in [7, 11) is 0. The summed E-state index contributed by atoms with van der Waals surface area (Å²) in [6.45, 7) is 3.91. The predicted octanol–water partition coefficient (Wildman–Crippen LogP) is 1.69. The minimum absolute atomic E-state index is 0.0233. The van der Waals surface area contributed by atoms with E-state index in [2.05, 4.69) is 30.7 Å². The normalized spacial score (nSPS) is 20.9. The molecule has 3 aliphatic rings. The van der Waals surface area contributed by atoms with Gasteiger partial charge < -0.3 is 30.9 Å². The van der Waals surface area contributed by atoms with Crippen LogP contribution < -0.4 is 21.3 Å². The van der Waals surface area contributed by atoms with Crippen molar-refractivity contribution in [3.63, 3.8) is 0 Å². The number of primary amides is 1. The molecule has 0 bridgehead atoms. The van der Waals surface area contributed by atoms with Crippen molar-refractivity contribution in [2.75, 3.05) is 49.6 Å². The van der Waals surface area contributed by atoms with Crippen LogP contribution in [0.5, 0.6) is 0 Å². The minimum atomic E-state index is -0.706. The molecule has 11 heteroatoms. The first kappa shape index (κ1) is 24.4. The lowest BCUT2D eigenvalue weighted by molar-refractivity contribution is 0.0303. The van der Waals surface area contributed by atoms with Gasteiger partial charge in [0.15, 0.2) is 11.5 Å². The van der Waals surface area contributed by atoms with Crippen LogP contribution >= 0.6 is 0 Å². The lowest BCUT2D eigenvalue weighted by Gasteiger charge is -2.34. The van der Waals surface area contributed by atoms with Crippen LogP contribution in [-0.4, -0.2) is 83.4 Å². The molecule has 36 heavy (non-hydrogen) atoms. The van der Waals surface area contributed by atoms with Crippen molar-refractivity contribution in [3.05, 3.63) is 35.5 Å². The summed E-state index contributed by atoms with van der Waals surface area (Å²) in [5, 5.41) is 15.3. The van der Waals surface area contributed by atoms with E-state index in [1.807, 2.05) is 0 Å². The summed E-state index contributed by atoms with van der Waals surface area (Å²) in [4.78, 5) is 33.3. The van der Waals surface area contributed by atoms with Gasteiger partial charge in [0.2, 0.25) is 5.95 Å². The van der Waals surface area contributed by atoms with E-state index < -0.39 is 5.91 Å². The van der Waals surface area contributed by atoms with Gasteiger partial charge >= 0.3 is 0 Å². The summed E-state index contributed by atoms with van der Waals surface area (Å²) in [5.41, 5.74) is 6.79. The van der Waals surface area contributed by atoms with E-state index in [0.717, 1.165) is 25.9 Å². The van der Waals surface area contributed by atoms with E-state index >= 15 is 0 Å². The molecule has 1 atom stereocenters. The second-order valence-electron chi connectivity index (χ2n) is 9.71. The molecule has 1 aliphatic carbocycles. The topological polar surface area (TPSA) is 139 Å². The molecule has 11 nitrogen and oxygen atoms in total. The number of hydrogen-bond donors (Lipinski definition) is 3. The molecule has 192 valence electrons. The zero-order valence-electron chi connectivity index (χ0n) is 20.5. The van der Waals surface area contributed by atoms with Gasteiger partial charge in [-0.05, 0) is 49.9 Å². The number of hydrogen-bond acceptors (Lipinski definition) is 9. The number of amides is 2. The van der Waals surface area contributed by atoms with Crippen LogP contribution in [0.25, 0.3) is 0 Å². The molecule has 4 N–H and O–H groups in total. The molecule has 0 spiro atoms. The number of nitrogens with one attached hydrogen (secondary N) is 2. The standard InChI is InChI=1S/C25H34N8O3/c26-22(34)21-23(28-19-9-7-17(8-10-19)24(35)32-12-14-36-15-13-32)29-25(31-30-21)33-11-3-6-20(16-33)27-18-4-1-2-5-18/h7-10,18,20,27H,1-6,11-16H2,(H2,26,34)(H,28,29,31). The van der Waals surface area contributed by atoms with Crippen LogP contribution in [-0.2, 0) is 4.74 Å². The average molecular weight is 495 g/mol. The van der Waals surface area contributed by atoms with E-state index in [1.54, 1.807) is 29.2 Å². The number of aromatic nitrogens is 3. The summed E-state index contributed by atoms with van der Waals surface area (Å²) >= 11 is 0. The Labute approximate surface area is 210 Å². The highest BCUT2D eigenvalue weighted by atomic mass is 16.5. The number of nitrogens with zero attached hydrogens (tertiary/aromatic N) is 5. The first-order chi connectivity index (χ1) is 17.6. The van der Waals surface area contributed by atoms with Gasteiger partial charge in [0.05, 0.1) is 13.2 Å². The van der Waals surface area contributed by atoms with Crippen LogP contribution in [0, 0.1) is 0 Å². The highest BCUT2D eigenvalue weighted by Crippen LogP contribution is 2.24. The monoisotopic (exact) mass is 494 g/mol. The fourth-order valence-corrected chi connectivity index (χ4v) is 5.21. The van der Waals surface area contributed by atoms with Crippen LogP contribution in [0.15, 0.2) is 24.3 Å². The zero-order chi connectivity index (χ0) is 24.9. The molecule has 2 saturated heterocycles. The molecular formula is C25H34N8O3. The number of morpholine rings is 1. The van der Waals surface area contributed by atoms with Crippen LogP contribution in [0.1, 0.15) is 59.4 Å². The number of benzene rings is 1. The zero-order valence-corrected chi connectivity index (χ0v) is 20.5. The molecule has 1 aromatic carbocycles. The number of carbonyl (C=O) groups is 2. The van der Waals surface area contributed by atoms with E-state index in [4.69, 9.17) is 10.5 Å². The third-order valence-corrected chi connectivity index (χ3v) is 7.13. The fourth-order valence-electron chi connectivity index (χ4n) is 5.21. The Balaban J connectivity index is 1.29. The molecule has 5 rings (SSSR count). The molecule has 3 heterocycles. The predicted molar refractivity (Wildman–Crippen MR) is 135 cm³/mol. The van der Waals surface area contributed by atoms with E-state index in [0.29, 0.717) is 55.6 Å². The maximum atomic E-state index is 12.7. The quantitative estimate of drug-likeness (QED) is 0.525. The van der Waals surface area contributed by atoms with Crippen LogP contribution in [0.3, 0.4) is 0 Å². The largest absolute Gasteiger partial charge is 0.378 e. The summed E-state index contributed by atoms with van der Waals surface area (Å²) in [5.74, 6) is -0.00714. The number of anilines is 3. The molecule has 2 aliphatic heterocycles. The van der Waals surface area contributed by atoms with Crippen LogP contribution in [0.2, 0.25) is 0 Å². The smallest absolute Gasteiger partial charge is 0.273 e. The van der Waals surface area contributed by atoms with Gasteiger partial charge in [-0.2, -0.15) is 4.98 Å². The first-order valence-electron chi connectivity index (χ1n) is 12.9. The van der Waals surface area contributed by atoms with E-state index in [1.165, 1.54) is 25.7 Å². The van der Waals surface area contributed by atoms with E-state index in [-0.39, 0.29) is 17.4 Å². The molecule has 1 saturated carbocycles. The van der Waals surface area contributed by atoms with Crippen molar-refractivity contribution in [1.29, 1.82) is 0 Å². The third kappa shape index (κ3) is 5.73. The lowest BCUT2D eigenvalue weighted by atomic mass is 10.0. The Hall–Kier alpha value is -3.31. The number of ether oxygens (including phenoxy) is 1. The minimum Gasteiger partial charge on any atom is -0.378 e. The van der Waals surface area contributed by atoms with Crippen molar-refractivity contribution < 1.29 is 14.3 Å². The Bertz CT molecular complexity index is 1070. The molecule has 2 amide bonds. The Morgan fingerprint density at radius 1 is 0.944 bits per heavy atom. The fraction of sp³-hybridized carbons (Fsp3) is 0.560. The number of piperidine rings is 1. The third-order valence-electron chi connectivity index (χ3n) is 7.13. The van der Waals surface area contributed by atoms with Gasteiger partial charge in [0.1, 0.15) is 0 Å². The maximum Gasteiger partial charge on any atom is 0.273 e. The van der Waals surface area contributed by atoms with Crippen molar-refractivity contribution in [2.24, 2.45) is 5.73 Å². The summed E-state index contributed by atoms with van der Waals surface area (Å²) < 4.78 is 5.32. The number of nitrogens with two attached hydrogens (primary N) is 1. The molecule has 1 unspecified atom stereocenters. The van der Waals surface area contributed by atoms with Gasteiger partial charge in [-0.3, -0.25) is 9.59 Å². The van der Waals surface area contributed by atoms with Gasteiger partial charge in [0.25, 0.3) is 11.8 Å². The highest BCUT2D eigenvalue weighted by molar-refractivity contribution is 5.97. The second kappa shape index (κ2) is 11.2. The number of rotatable bonds is 7. The van der Waals surface area contributed by atoms with Crippen molar-refractivity contribution in [2.45, 2.75) is 50.6 Å². The second-order valence-corrected chi connectivity index (χ2v) is 9.71. The molecule has 1 aromatic heterocycles. The van der Waals surface area contributed by atoms with Crippen LogP contribution in [0.4, 0.5) is 17.5 Å². The Kier molecular flexibility index (Phi) is 7.57. The van der Waals surface area contributed by atoms with Gasteiger partial charge in [-0.25, -0.2) is 0 Å². The Morgan fingerprint density at radius 3 is 2.39 bits per heavy atom. The maximum absolute atomic E-state index is 12.7. The first-order valence-corrected chi connectivity index (χ1v) is 12.9. The molecule has 2 aromatic rings. The summed E-state index contributed by atoms with van der Waals surface area (Å²) in [6.07, 6.45) is 7.24. The highest BCUT2D eigenvalue weighted by Gasteiger charge is 2.27. The molecule has 3 fully saturated rings. The van der Waals surface area contributed by atoms with Gasteiger partial charge in [0, 0.05) is 49.5 Å². The lowest BCUT2D eigenvalue weighted by Crippen LogP contribution is -2.49.